The smallest absolute Gasteiger partial charge is 0.137 e. The Kier molecular flexibility index (Phi) is 4.74. The van der Waals surface area contributed by atoms with Gasteiger partial charge >= 0.3 is 0 Å². The number of ether oxygens (including phenoxy) is 1. The average molecular weight is 327 g/mol. The second-order valence-corrected chi connectivity index (χ2v) is 5.69. The normalized spacial score (nSPS) is 10.6. The van der Waals surface area contributed by atoms with Crippen LogP contribution in [0.15, 0.2) is 28.2 Å². The summed E-state index contributed by atoms with van der Waals surface area (Å²) in [6.45, 7) is 3.14. The predicted molar refractivity (Wildman–Crippen MR) is 78.1 cm³/mol. The van der Waals surface area contributed by atoms with Crippen LogP contribution in [-0.4, -0.2) is 11.6 Å². The summed E-state index contributed by atoms with van der Waals surface area (Å²) in [6.07, 6.45) is 0.877. The van der Waals surface area contributed by atoms with Crippen molar-refractivity contribution in [1.29, 1.82) is 0 Å². The summed E-state index contributed by atoms with van der Waals surface area (Å²) in [5, 5.41) is 0. The Morgan fingerprint density at radius 3 is 2.94 bits per heavy atom. The van der Waals surface area contributed by atoms with Gasteiger partial charge < -0.3 is 10.5 Å². The number of thiazole rings is 1. The lowest BCUT2D eigenvalue weighted by molar-refractivity contribution is 0.317. The van der Waals surface area contributed by atoms with Crippen LogP contribution in [-0.2, 0) is 13.0 Å². The first-order chi connectivity index (χ1) is 8.72. The number of rotatable bonds is 5. The fourth-order valence-electron chi connectivity index (χ4n) is 1.69. The summed E-state index contributed by atoms with van der Waals surface area (Å²) in [6, 6.07) is 5.91. The molecule has 0 aliphatic carbocycles. The van der Waals surface area contributed by atoms with E-state index in [1.165, 1.54) is 4.88 Å². The van der Waals surface area contributed by atoms with Crippen molar-refractivity contribution in [1.82, 2.24) is 4.98 Å². The van der Waals surface area contributed by atoms with Gasteiger partial charge in [-0.15, -0.1) is 11.3 Å². The number of hydrogen-bond donors (Lipinski definition) is 1. The van der Waals surface area contributed by atoms with Gasteiger partial charge in [0.15, 0.2) is 0 Å². The number of para-hydroxylation sites is 1. The summed E-state index contributed by atoms with van der Waals surface area (Å²) in [5.41, 5.74) is 9.68. The van der Waals surface area contributed by atoms with Crippen LogP contribution in [0.5, 0.6) is 5.75 Å². The average Bonchev–Trinajstić information content (AvgIpc) is 2.77. The van der Waals surface area contributed by atoms with Crippen LogP contribution in [0.1, 0.15) is 16.1 Å². The highest BCUT2D eigenvalue weighted by Gasteiger charge is 2.07. The van der Waals surface area contributed by atoms with Gasteiger partial charge in [0.1, 0.15) is 5.75 Å². The van der Waals surface area contributed by atoms with E-state index in [1.807, 2.05) is 30.6 Å². The summed E-state index contributed by atoms with van der Waals surface area (Å²) in [5.74, 6) is 0.849. The fraction of sp³-hybridized carbons (Fsp3) is 0.308. The molecule has 0 amide bonds. The van der Waals surface area contributed by atoms with E-state index in [4.69, 9.17) is 10.5 Å². The van der Waals surface area contributed by atoms with Crippen LogP contribution < -0.4 is 10.5 Å². The number of aryl methyl sites for hydroxylation is 1. The van der Waals surface area contributed by atoms with Crippen LogP contribution in [0.25, 0.3) is 0 Å². The molecule has 0 saturated heterocycles. The first-order valence-electron chi connectivity index (χ1n) is 5.71. The maximum absolute atomic E-state index is 5.84. The van der Waals surface area contributed by atoms with Crippen molar-refractivity contribution >= 4 is 27.3 Å². The lowest BCUT2D eigenvalue weighted by Gasteiger charge is -2.11. The third kappa shape index (κ3) is 3.10. The number of aromatic nitrogens is 1. The van der Waals surface area contributed by atoms with Crippen molar-refractivity contribution in [3.8, 4) is 5.75 Å². The molecule has 2 N–H and O–H groups in total. The van der Waals surface area contributed by atoms with E-state index in [0.717, 1.165) is 27.9 Å². The van der Waals surface area contributed by atoms with Crippen LogP contribution >= 0.6 is 27.3 Å². The van der Waals surface area contributed by atoms with E-state index >= 15 is 0 Å². The molecule has 0 unspecified atom stereocenters. The van der Waals surface area contributed by atoms with Crippen molar-refractivity contribution in [2.75, 3.05) is 6.61 Å². The summed E-state index contributed by atoms with van der Waals surface area (Å²) < 4.78 is 6.79. The number of nitrogens with zero attached hydrogens (tertiary/aromatic N) is 1. The molecule has 2 aromatic rings. The van der Waals surface area contributed by atoms with Crippen LogP contribution in [0.4, 0.5) is 0 Å². The first kappa shape index (κ1) is 13.5. The molecule has 18 heavy (non-hydrogen) atoms. The largest absolute Gasteiger partial charge is 0.492 e. The Labute approximate surface area is 119 Å². The minimum absolute atomic E-state index is 0.481. The highest BCUT2D eigenvalue weighted by atomic mass is 79.9. The zero-order chi connectivity index (χ0) is 13.0. The quantitative estimate of drug-likeness (QED) is 0.917. The Morgan fingerprint density at radius 2 is 2.28 bits per heavy atom. The van der Waals surface area contributed by atoms with Crippen molar-refractivity contribution in [3.63, 3.8) is 0 Å². The summed E-state index contributed by atoms with van der Waals surface area (Å²) >= 11 is 5.16. The molecule has 0 atom stereocenters. The van der Waals surface area contributed by atoms with Crippen LogP contribution in [0, 0.1) is 6.92 Å². The Hall–Kier alpha value is -0.910. The molecule has 5 heteroatoms. The van der Waals surface area contributed by atoms with E-state index in [2.05, 4.69) is 20.9 Å². The van der Waals surface area contributed by atoms with Gasteiger partial charge in [-0.25, -0.2) is 4.98 Å². The Morgan fingerprint density at radius 1 is 1.44 bits per heavy atom. The number of halogens is 1. The molecule has 0 spiro atoms. The van der Waals surface area contributed by atoms with Crippen molar-refractivity contribution < 1.29 is 4.74 Å². The molecule has 3 nitrogen and oxygen atoms in total. The van der Waals surface area contributed by atoms with Gasteiger partial charge in [0, 0.05) is 23.4 Å². The van der Waals surface area contributed by atoms with E-state index < -0.39 is 0 Å². The minimum Gasteiger partial charge on any atom is -0.492 e. The molecule has 1 aromatic carbocycles. The molecule has 2 rings (SSSR count). The lowest BCUT2D eigenvalue weighted by Crippen LogP contribution is -2.06. The number of nitrogens with two attached hydrogens (primary N) is 1. The third-order valence-electron chi connectivity index (χ3n) is 2.69. The number of benzene rings is 1. The van der Waals surface area contributed by atoms with E-state index in [9.17, 15) is 0 Å². The molecule has 0 fully saturated rings. The maximum Gasteiger partial charge on any atom is 0.137 e. The molecule has 0 aliphatic heterocycles. The van der Waals surface area contributed by atoms with Gasteiger partial charge in [0.05, 0.1) is 22.3 Å². The van der Waals surface area contributed by atoms with Crippen LogP contribution in [0.3, 0.4) is 0 Å². The fourth-order valence-corrected chi connectivity index (χ4v) is 2.97. The molecule has 0 bridgehead atoms. The van der Waals surface area contributed by atoms with Gasteiger partial charge in [-0.05, 0) is 28.9 Å². The monoisotopic (exact) mass is 326 g/mol. The topological polar surface area (TPSA) is 48.1 Å². The van der Waals surface area contributed by atoms with Crippen molar-refractivity contribution in [2.24, 2.45) is 5.73 Å². The standard InChI is InChI=1S/C13H15BrN2OS/c1-9-12(18-8-16-9)5-6-17-13-10(7-15)3-2-4-11(13)14/h2-4,8H,5-7,15H2,1H3. The molecule has 96 valence electrons. The van der Waals surface area contributed by atoms with E-state index in [-0.39, 0.29) is 0 Å². The molecular weight excluding hydrogens is 312 g/mol. The molecule has 0 aliphatic rings. The summed E-state index contributed by atoms with van der Waals surface area (Å²) in [7, 11) is 0. The Balaban J connectivity index is 2.00. The molecule has 1 heterocycles. The van der Waals surface area contributed by atoms with Crippen LogP contribution in [0.2, 0.25) is 0 Å². The van der Waals surface area contributed by atoms with Crippen molar-refractivity contribution in [3.05, 3.63) is 44.3 Å². The highest BCUT2D eigenvalue weighted by Crippen LogP contribution is 2.29. The highest BCUT2D eigenvalue weighted by molar-refractivity contribution is 9.10. The number of hydrogen-bond acceptors (Lipinski definition) is 4. The maximum atomic E-state index is 5.84. The van der Waals surface area contributed by atoms with Gasteiger partial charge in [-0.1, -0.05) is 12.1 Å². The SMILES string of the molecule is Cc1ncsc1CCOc1c(Br)cccc1CN. The zero-order valence-electron chi connectivity index (χ0n) is 10.1. The minimum atomic E-state index is 0.481. The first-order valence-corrected chi connectivity index (χ1v) is 7.39. The van der Waals surface area contributed by atoms with E-state index in [1.54, 1.807) is 11.3 Å². The molecular formula is C13H15BrN2OS. The van der Waals surface area contributed by atoms with Gasteiger partial charge in [-0.2, -0.15) is 0 Å². The second-order valence-electron chi connectivity index (χ2n) is 3.89. The molecule has 0 radical (unpaired) electrons. The third-order valence-corrected chi connectivity index (χ3v) is 4.31. The van der Waals surface area contributed by atoms with Gasteiger partial charge in [0.25, 0.3) is 0 Å². The van der Waals surface area contributed by atoms with E-state index in [0.29, 0.717) is 13.2 Å². The molecule has 0 saturated carbocycles. The van der Waals surface area contributed by atoms with Gasteiger partial charge in [0.2, 0.25) is 0 Å². The second kappa shape index (κ2) is 6.31. The predicted octanol–water partition coefficient (Wildman–Crippen LogP) is 3.29. The zero-order valence-corrected chi connectivity index (χ0v) is 12.6. The summed E-state index contributed by atoms with van der Waals surface area (Å²) in [4.78, 5) is 5.50. The molecule has 1 aromatic heterocycles. The van der Waals surface area contributed by atoms with Gasteiger partial charge in [-0.3, -0.25) is 0 Å². The van der Waals surface area contributed by atoms with Crippen molar-refractivity contribution in [2.45, 2.75) is 19.9 Å². The Bertz CT molecular complexity index is 527. The lowest BCUT2D eigenvalue weighted by atomic mass is 10.2.